The van der Waals surface area contributed by atoms with Gasteiger partial charge in [-0.25, -0.2) is 9.97 Å². The molecule has 4 nitrogen and oxygen atoms in total. The van der Waals surface area contributed by atoms with Crippen molar-refractivity contribution < 1.29 is 4.74 Å². The Bertz CT molecular complexity index is 812. The van der Waals surface area contributed by atoms with E-state index in [1.807, 2.05) is 24.3 Å². The fourth-order valence-corrected chi connectivity index (χ4v) is 3.91. The summed E-state index contributed by atoms with van der Waals surface area (Å²) in [6.07, 6.45) is 4.13. The fraction of sp³-hybridized carbons (Fsp3) is 0.294. The summed E-state index contributed by atoms with van der Waals surface area (Å²) in [6, 6.07) is 7.87. The average molecular weight is 346 g/mol. The number of ether oxygens (including phenoxy) is 1. The maximum Gasteiger partial charge on any atom is 0.138 e. The Morgan fingerprint density at radius 1 is 1.26 bits per heavy atom. The first-order valence-electron chi connectivity index (χ1n) is 7.65. The van der Waals surface area contributed by atoms with Crippen LogP contribution in [0.15, 0.2) is 36.0 Å². The lowest BCUT2D eigenvalue weighted by Crippen LogP contribution is -2.19. The zero-order chi connectivity index (χ0) is 15.6. The summed E-state index contributed by atoms with van der Waals surface area (Å²) in [4.78, 5) is 9.83. The molecule has 2 aromatic heterocycles. The number of anilines is 1. The van der Waals surface area contributed by atoms with E-state index in [0.29, 0.717) is 0 Å². The number of aromatic nitrogens is 2. The molecular formula is C17H16ClN3OS. The van der Waals surface area contributed by atoms with Crippen molar-refractivity contribution in [1.29, 1.82) is 0 Å². The molecule has 1 fully saturated rings. The Labute approximate surface area is 143 Å². The van der Waals surface area contributed by atoms with E-state index in [4.69, 9.17) is 16.3 Å². The van der Waals surface area contributed by atoms with Crippen LogP contribution in [0.1, 0.15) is 12.8 Å². The first kappa shape index (κ1) is 14.9. The van der Waals surface area contributed by atoms with Gasteiger partial charge in [-0.05, 0) is 30.5 Å². The van der Waals surface area contributed by atoms with Gasteiger partial charge >= 0.3 is 0 Å². The normalized spacial score (nSPS) is 17.7. The quantitative estimate of drug-likeness (QED) is 0.750. The Morgan fingerprint density at radius 3 is 2.91 bits per heavy atom. The highest BCUT2D eigenvalue weighted by molar-refractivity contribution is 7.17. The van der Waals surface area contributed by atoms with Crippen LogP contribution in [0, 0.1) is 0 Å². The summed E-state index contributed by atoms with van der Waals surface area (Å²) in [5.41, 5.74) is 2.26. The number of nitrogens with zero attached hydrogens (tertiary/aromatic N) is 2. The molecule has 1 aliphatic heterocycles. The van der Waals surface area contributed by atoms with Crippen LogP contribution in [-0.2, 0) is 4.74 Å². The number of hydrogen-bond donors (Lipinski definition) is 1. The lowest BCUT2D eigenvalue weighted by atomic mass is 10.1. The molecule has 1 aliphatic rings. The van der Waals surface area contributed by atoms with Gasteiger partial charge in [0.05, 0.1) is 11.5 Å². The molecule has 3 heterocycles. The molecule has 118 valence electrons. The summed E-state index contributed by atoms with van der Waals surface area (Å²) in [5, 5.41) is 7.37. The number of benzene rings is 1. The molecule has 1 unspecified atom stereocenters. The number of thiophene rings is 1. The highest BCUT2D eigenvalue weighted by Crippen LogP contribution is 2.36. The van der Waals surface area contributed by atoms with Crippen molar-refractivity contribution in [3.8, 4) is 11.1 Å². The number of hydrogen-bond acceptors (Lipinski definition) is 5. The van der Waals surface area contributed by atoms with Gasteiger partial charge < -0.3 is 10.1 Å². The summed E-state index contributed by atoms with van der Waals surface area (Å²) < 4.78 is 5.68. The van der Waals surface area contributed by atoms with Crippen LogP contribution in [0.3, 0.4) is 0 Å². The van der Waals surface area contributed by atoms with Crippen molar-refractivity contribution in [3.05, 3.63) is 41.0 Å². The minimum Gasteiger partial charge on any atom is -0.376 e. The third-order valence-electron chi connectivity index (χ3n) is 4.05. The van der Waals surface area contributed by atoms with Gasteiger partial charge in [0.2, 0.25) is 0 Å². The topological polar surface area (TPSA) is 47.0 Å². The van der Waals surface area contributed by atoms with Crippen molar-refractivity contribution >= 4 is 39.0 Å². The van der Waals surface area contributed by atoms with Gasteiger partial charge in [0, 0.05) is 29.1 Å². The van der Waals surface area contributed by atoms with E-state index in [-0.39, 0.29) is 6.10 Å². The van der Waals surface area contributed by atoms with E-state index in [1.54, 1.807) is 17.7 Å². The molecule has 4 rings (SSSR count). The summed E-state index contributed by atoms with van der Waals surface area (Å²) >= 11 is 7.63. The van der Waals surface area contributed by atoms with Gasteiger partial charge in [-0.3, -0.25) is 0 Å². The Kier molecular flexibility index (Phi) is 4.16. The van der Waals surface area contributed by atoms with Crippen molar-refractivity contribution in [3.63, 3.8) is 0 Å². The monoisotopic (exact) mass is 345 g/mol. The van der Waals surface area contributed by atoms with Gasteiger partial charge in [-0.1, -0.05) is 23.7 Å². The van der Waals surface area contributed by atoms with E-state index in [1.165, 1.54) is 0 Å². The first-order chi connectivity index (χ1) is 11.3. The third-order valence-corrected chi connectivity index (χ3v) is 5.18. The molecule has 1 N–H and O–H groups in total. The summed E-state index contributed by atoms with van der Waals surface area (Å²) in [5.74, 6) is 0.872. The highest BCUT2D eigenvalue weighted by atomic mass is 35.5. The predicted molar refractivity (Wildman–Crippen MR) is 95.3 cm³/mol. The zero-order valence-electron chi connectivity index (χ0n) is 12.5. The van der Waals surface area contributed by atoms with E-state index in [2.05, 4.69) is 20.7 Å². The minimum absolute atomic E-state index is 0.276. The molecule has 23 heavy (non-hydrogen) atoms. The number of rotatable bonds is 4. The standard InChI is InChI=1S/C17H16ClN3OS/c18-12-5-3-11(4-6-12)14-9-23-17-15(14)16(20-10-21-17)19-8-13-2-1-7-22-13/h3-6,9-10,13H,1-2,7-8H2,(H,19,20,21). The molecule has 3 aromatic rings. The second-order valence-electron chi connectivity index (χ2n) is 5.57. The third kappa shape index (κ3) is 3.04. The molecule has 0 aliphatic carbocycles. The van der Waals surface area contributed by atoms with Gasteiger partial charge in [-0.15, -0.1) is 11.3 Å². The molecule has 0 spiro atoms. The van der Waals surface area contributed by atoms with Crippen molar-refractivity contribution in [2.45, 2.75) is 18.9 Å². The van der Waals surface area contributed by atoms with E-state index < -0.39 is 0 Å². The fourth-order valence-electron chi connectivity index (χ4n) is 2.87. The Morgan fingerprint density at radius 2 is 2.13 bits per heavy atom. The van der Waals surface area contributed by atoms with Gasteiger partial charge in [0.1, 0.15) is 17.0 Å². The highest BCUT2D eigenvalue weighted by Gasteiger charge is 2.17. The molecule has 0 saturated carbocycles. The zero-order valence-corrected chi connectivity index (χ0v) is 14.0. The summed E-state index contributed by atoms with van der Waals surface area (Å²) in [6.45, 7) is 1.64. The lowest BCUT2D eigenvalue weighted by Gasteiger charge is -2.12. The van der Waals surface area contributed by atoms with Gasteiger partial charge in [0.25, 0.3) is 0 Å². The molecule has 0 bridgehead atoms. The Balaban J connectivity index is 1.69. The maximum atomic E-state index is 6.00. The number of nitrogens with one attached hydrogen (secondary N) is 1. The van der Waals surface area contributed by atoms with Crippen LogP contribution < -0.4 is 5.32 Å². The maximum absolute atomic E-state index is 6.00. The molecule has 1 aromatic carbocycles. The van der Waals surface area contributed by atoms with Crippen molar-refractivity contribution in [2.75, 3.05) is 18.5 Å². The molecule has 1 saturated heterocycles. The van der Waals surface area contributed by atoms with E-state index in [0.717, 1.165) is 58.2 Å². The van der Waals surface area contributed by atoms with Crippen molar-refractivity contribution in [1.82, 2.24) is 9.97 Å². The van der Waals surface area contributed by atoms with Gasteiger partial charge in [-0.2, -0.15) is 0 Å². The SMILES string of the molecule is Clc1ccc(-c2csc3ncnc(NCC4CCCO4)c23)cc1. The van der Waals surface area contributed by atoms with E-state index in [9.17, 15) is 0 Å². The van der Waals surface area contributed by atoms with Crippen LogP contribution in [0.5, 0.6) is 0 Å². The van der Waals surface area contributed by atoms with Crippen LogP contribution in [0.2, 0.25) is 5.02 Å². The molecule has 6 heteroatoms. The molecular weight excluding hydrogens is 330 g/mol. The van der Waals surface area contributed by atoms with E-state index >= 15 is 0 Å². The molecule has 1 atom stereocenters. The minimum atomic E-state index is 0.276. The predicted octanol–water partition coefficient (Wildman–Crippen LogP) is 4.60. The second-order valence-corrected chi connectivity index (χ2v) is 6.87. The lowest BCUT2D eigenvalue weighted by molar-refractivity contribution is 0.120. The van der Waals surface area contributed by atoms with Gasteiger partial charge in [0.15, 0.2) is 0 Å². The number of halogens is 1. The second kappa shape index (κ2) is 6.43. The summed E-state index contributed by atoms with van der Waals surface area (Å²) in [7, 11) is 0. The average Bonchev–Trinajstić information content (AvgIpc) is 3.23. The molecule has 0 radical (unpaired) electrons. The van der Waals surface area contributed by atoms with Crippen LogP contribution in [-0.4, -0.2) is 29.2 Å². The van der Waals surface area contributed by atoms with Crippen LogP contribution >= 0.6 is 22.9 Å². The molecule has 0 amide bonds. The van der Waals surface area contributed by atoms with Crippen molar-refractivity contribution in [2.24, 2.45) is 0 Å². The number of fused-ring (bicyclic) bond motifs is 1. The largest absolute Gasteiger partial charge is 0.376 e. The first-order valence-corrected chi connectivity index (χ1v) is 8.90. The smallest absolute Gasteiger partial charge is 0.138 e. The Hall–Kier alpha value is -1.69. The van der Waals surface area contributed by atoms with Crippen LogP contribution in [0.25, 0.3) is 21.3 Å². The van der Waals surface area contributed by atoms with Crippen LogP contribution in [0.4, 0.5) is 5.82 Å².